The SMILES string of the molecule is FC(F)(F)c1ccc(CCNc2nccc(-c3nnc(N4CC5C(C4)C5c4cn[nH]n4)o3)n2)cc1. The number of hydrogen-bond donors (Lipinski definition) is 2. The van der Waals surface area contributed by atoms with Crippen LogP contribution in [0, 0.1) is 11.8 Å². The summed E-state index contributed by atoms with van der Waals surface area (Å²) in [5.41, 5.74) is 1.60. The molecule has 35 heavy (non-hydrogen) atoms. The number of hydrogen-bond acceptors (Lipinski definition) is 9. The molecule has 1 saturated carbocycles. The molecule has 1 saturated heterocycles. The van der Waals surface area contributed by atoms with Crippen LogP contribution in [0.3, 0.4) is 0 Å². The fraction of sp³-hybridized carbons (Fsp3) is 0.364. The molecule has 2 atom stereocenters. The van der Waals surface area contributed by atoms with Crippen molar-refractivity contribution >= 4 is 12.0 Å². The molecule has 3 aromatic heterocycles. The van der Waals surface area contributed by atoms with Gasteiger partial charge < -0.3 is 14.6 Å². The molecule has 0 radical (unpaired) electrons. The molecule has 180 valence electrons. The standard InChI is InChI=1S/C22H20F3N9O/c23-22(24,25)13-3-1-12(2-4-13)5-7-26-20-27-8-6-16(29-20)19-31-32-21(35-19)34-10-14-15(11-34)18(14)17-9-28-33-30-17/h1-4,6,8-9,14-15,18H,5,7,10-11H2,(H,26,27,29)(H,28,30,33). The Morgan fingerprint density at radius 1 is 1.09 bits per heavy atom. The van der Waals surface area contributed by atoms with E-state index < -0.39 is 11.7 Å². The normalized spacial score (nSPS) is 21.2. The van der Waals surface area contributed by atoms with Gasteiger partial charge in [-0.3, -0.25) is 0 Å². The average molecular weight is 483 g/mol. The third-order valence-electron chi connectivity index (χ3n) is 6.51. The first kappa shape index (κ1) is 21.5. The van der Waals surface area contributed by atoms with Crippen LogP contribution in [-0.2, 0) is 12.6 Å². The zero-order valence-corrected chi connectivity index (χ0v) is 18.3. The first-order valence-electron chi connectivity index (χ1n) is 11.1. The first-order valence-corrected chi connectivity index (χ1v) is 11.1. The largest absolute Gasteiger partial charge is 0.416 e. The summed E-state index contributed by atoms with van der Waals surface area (Å²) in [6.07, 6.45) is -0.458. The number of nitrogens with one attached hydrogen (secondary N) is 2. The molecule has 1 aliphatic heterocycles. The number of fused-ring (bicyclic) bond motifs is 1. The van der Waals surface area contributed by atoms with Crippen LogP contribution < -0.4 is 10.2 Å². The van der Waals surface area contributed by atoms with E-state index in [2.05, 4.69) is 45.8 Å². The number of nitrogens with zero attached hydrogens (tertiary/aromatic N) is 7. The van der Waals surface area contributed by atoms with Crippen molar-refractivity contribution in [2.75, 3.05) is 29.9 Å². The molecule has 0 spiro atoms. The third-order valence-corrected chi connectivity index (χ3v) is 6.51. The van der Waals surface area contributed by atoms with E-state index >= 15 is 0 Å². The van der Waals surface area contributed by atoms with Gasteiger partial charge in [-0.25, -0.2) is 9.97 Å². The second kappa shape index (κ2) is 8.32. The zero-order valence-electron chi connectivity index (χ0n) is 18.3. The molecule has 2 N–H and O–H groups in total. The van der Waals surface area contributed by atoms with Crippen LogP contribution in [0.2, 0.25) is 0 Å². The van der Waals surface area contributed by atoms with Crippen molar-refractivity contribution in [3.63, 3.8) is 0 Å². The van der Waals surface area contributed by atoms with Crippen LogP contribution in [0.4, 0.5) is 25.1 Å². The molecule has 6 rings (SSSR count). The Balaban J connectivity index is 1.04. The minimum absolute atomic E-state index is 0.293. The van der Waals surface area contributed by atoms with Crippen LogP contribution in [0.25, 0.3) is 11.6 Å². The smallest absolute Gasteiger partial charge is 0.402 e. The van der Waals surface area contributed by atoms with Gasteiger partial charge in [-0.15, -0.1) is 5.10 Å². The van der Waals surface area contributed by atoms with Crippen molar-refractivity contribution < 1.29 is 17.6 Å². The molecule has 10 nitrogen and oxygen atoms in total. The summed E-state index contributed by atoms with van der Waals surface area (Å²) >= 11 is 0. The summed E-state index contributed by atoms with van der Waals surface area (Å²) < 4.78 is 44.0. The third kappa shape index (κ3) is 4.29. The van der Waals surface area contributed by atoms with E-state index in [-0.39, 0.29) is 0 Å². The number of aromatic nitrogens is 7. The van der Waals surface area contributed by atoms with Gasteiger partial charge in [0.1, 0.15) is 5.69 Å². The molecule has 1 aliphatic carbocycles. The van der Waals surface area contributed by atoms with E-state index in [9.17, 15) is 13.2 Å². The Bertz CT molecular complexity index is 1290. The highest BCUT2D eigenvalue weighted by molar-refractivity contribution is 5.50. The van der Waals surface area contributed by atoms with Crippen molar-refractivity contribution in [3.8, 4) is 11.6 Å². The summed E-state index contributed by atoms with van der Waals surface area (Å²) in [6, 6.07) is 7.24. The average Bonchev–Trinajstić information content (AvgIpc) is 3.39. The molecule has 13 heteroatoms. The maximum Gasteiger partial charge on any atom is 0.416 e. The van der Waals surface area contributed by atoms with Crippen molar-refractivity contribution in [1.82, 2.24) is 35.6 Å². The monoisotopic (exact) mass is 483 g/mol. The highest BCUT2D eigenvalue weighted by atomic mass is 19.4. The van der Waals surface area contributed by atoms with E-state index in [1.807, 2.05) is 0 Å². The van der Waals surface area contributed by atoms with Crippen molar-refractivity contribution in [2.45, 2.75) is 18.5 Å². The number of anilines is 2. The lowest BCUT2D eigenvalue weighted by molar-refractivity contribution is -0.137. The molecule has 0 amide bonds. The Kier molecular flexibility index (Phi) is 5.11. The predicted octanol–water partition coefficient (Wildman–Crippen LogP) is 3.17. The van der Waals surface area contributed by atoms with E-state index in [0.29, 0.717) is 54.3 Å². The maximum atomic E-state index is 12.7. The summed E-state index contributed by atoms with van der Waals surface area (Å²) in [6.45, 7) is 2.10. The number of aromatic amines is 1. The molecule has 4 aromatic rings. The minimum Gasteiger partial charge on any atom is -0.402 e. The highest BCUT2D eigenvalue weighted by Gasteiger charge is 2.58. The van der Waals surface area contributed by atoms with Gasteiger partial charge in [-0.2, -0.15) is 28.6 Å². The Morgan fingerprint density at radius 3 is 2.60 bits per heavy atom. The summed E-state index contributed by atoms with van der Waals surface area (Å²) in [5, 5.41) is 22.2. The van der Waals surface area contributed by atoms with Gasteiger partial charge in [0.25, 0.3) is 5.89 Å². The van der Waals surface area contributed by atoms with E-state index in [1.165, 1.54) is 12.1 Å². The Hall–Kier alpha value is -4.03. The fourth-order valence-corrected chi connectivity index (χ4v) is 4.68. The molecule has 4 heterocycles. The lowest BCUT2D eigenvalue weighted by atomic mass is 10.1. The topological polar surface area (TPSA) is 122 Å². The van der Waals surface area contributed by atoms with Crippen LogP contribution >= 0.6 is 0 Å². The maximum absolute atomic E-state index is 12.7. The van der Waals surface area contributed by atoms with Crippen LogP contribution in [0.5, 0.6) is 0 Å². The van der Waals surface area contributed by atoms with Gasteiger partial charge in [-0.05, 0) is 42.0 Å². The van der Waals surface area contributed by atoms with Crippen molar-refractivity contribution in [3.05, 3.63) is 59.5 Å². The molecule has 2 aliphatic rings. The second-order valence-electron chi connectivity index (χ2n) is 8.68. The minimum atomic E-state index is -4.34. The molecule has 2 fully saturated rings. The van der Waals surface area contributed by atoms with Crippen LogP contribution in [0.15, 0.2) is 47.1 Å². The molecule has 0 bridgehead atoms. The van der Waals surface area contributed by atoms with Crippen LogP contribution in [0.1, 0.15) is 22.7 Å². The number of alkyl halides is 3. The van der Waals surface area contributed by atoms with Gasteiger partial charge in [0.15, 0.2) is 0 Å². The first-order chi connectivity index (χ1) is 17.0. The van der Waals surface area contributed by atoms with E-state index in [0.717, 1.165) is 36.5 Å². The molecule has 2 unspecified atom stereocenters. The Labute approximate surface area is 197 Å². The van der Waals surface area contributed by atoms with Crippen molar-refractivity contribution in [1.29, 1.82) is 0 Å². The Morgan fingerprint density at radius 2 is 1.89 bits per heavy atom. The molecule has 1 aromatic carbocycles. The van der Waals surface area contributed by atoms with Crippen LogP contribution in [-0.4, -0.2) is 55.2 Å². The molecular formula is C22H20F3N9O. The van der Waals surface area contributed by atoms with E-state index in [4.69, 9.17) is 4.42 Å². The lowest BCUT2D eigenvalue weighted by Crippen LogP contribution is -2.23. The highest BCUT2D eigenvalue weighted by Crippen LogP contribution is 2.58. The lowest BCUT2D eigenvalue weighted by Gasteiger charge is -2.15. The predicted molar refractivity (Wildman–Crippen MR) is 117 cm³/mol. The summed E-state index contributed by atoms with van der Waals surface area (Å²) in [5.74, 6) is 2.12. The van der Waals surface area contributed by atoms with Crippen molar-refractivity contribution in [2.24, 2.45) is 11.8 Å². The quantitative estimate of drug-likeness (QED) is 0.408. The van der Waals surface area contributed by atoms with Gasteiger partial charge in [-0.1, -0.05) is 17.2 Å². The second-order valence-corrected chi connectivity index (χ2v) is 8.68. The number of benzene rings is 1. The van der Waals surface area contributed by atoms with Gasteiger partial charge in [0, 0.05) is 31.7 Å². The summed E-state index contributed by atoms with van der Waals surface area (Å²) in [7, 11) is 0. The fourth-order valence-electron chi connectivity index (χ4n) is 4.68. The van der Waals surface area contributed by atoms with E-state index in [1.54, 1.807) is 18.5 Å². The number of piperidine rings is 1. The van der Waals surface area contributed by atoms with Gasteiger partial charge in [0.05, 0.1) is 17.5 Å². The number of H-pyrrole nitrogens is 1. The number of rotatable bonds is 7. The zero-order chi connectivity index (χ0) is 24.0. The van der Waals surface area contributed by atoms with Gasteiger partial charge >= 0.3 is 12.2 Å². The molecular weight excluding hydrogens is 463 g/mol. The summed E-state index contributed by atoms with van der Waals surface area (Å²) in [4.78, 5) is 10.7. The van der Waals surface area contributed by atoms with Gasteiger partial charge in [0.2, 0.25) is 5.95 Å². The number of halogens is 3.